The first kappa shape index (κ1) is 21.2. The van der Waals surface area contributed by atoms with Gasteiger partial charge in [-0.3, -0.25) is 0 Å². The highest BCUT2D eigenvalue weighted by molar-refractivity contribution is 5.94. The maximum atomic E-state index is 13.2. The summed E-state index contributed by atoms with van der Waals surface area (Å²) in [5.41, 5.74) is 6.12. The summed E-state index contributed by atoms with van der Waals surface area (Å²) < 4.78 is 50.9. The summed E-state index contributed by atoms with van der Waals surface area (Å²) in [5.74, 6) is 1.13. The van der Waals surface area contributed by atoms with Crippen LogP contribution in [0.1, 0.15) is 36.2 Å². The highest BCUT2D eigenvalue weighted by Crippen LogP contribution is 2.34. The Morgan fingerprint density at radius 3 is 2.68 bits per heavy atom. The first-order valence-electron chi connectivity index (χ1n) is 9.96. The van der Waals surface area contributed by atoms with Crippen molar-refractivity contribution in [1.82, 2.24) is 10.2 Å². The average molecular weight is 432 g/mol. The van der Waals surface area contributed by atoms with E-state index in [-0.39, 0.29) is 11.8 Å². The quantitative estimate of drug-likeness (QED) is 0.559. The van der Waals surface area contributed by atoms with Crippen molar-refractivity contribution < 1.29 is 22.6 Å². The molecule has 0 saturated carbocycles. The third kappa shape index (κ3) is 4.66. The molecule has 0 aliphatic carbocycles. The number of benzene rings is 2. The largest absolute Gasteiger partial charge is 0.488 e. The second-order valence-corrected chi connectivity index (χ2v) is 7.70. The van der Waals surface area contributed by atoms with Crippen LogP contribution in [-0.4, -0.2) is 29.5 Å². The third-order valence-electron chi connectivity index (χ3n) is 5.28. The molecule has 2 aromatic carbocycles. The lowest BCUT2D eigenvalue weighted by atomic mass is 10.0. The number of hydrogen-bond acceptors (Lipinski definition) is 6. The van der Waals surface area contributed by atoms with Gasteiger partial charge in [-0.25, -0.2) is 0 Å². The number of nitrogen functional groups attached to an aromatic ring is 1. The van der Waals surface area contributed by atoms with Crippen LogP contribution in [0.4, 0.5) is 24.7 Å². The molecule has 2 atom stereocenters. The highest BCUT2D eigenvalue weighted by Gasteiger charge is 2.31. The van der Waals surface area contributed by atoms with Crippen LogP contribution in [0.5, 0.6) is 5.75 Å². The minimum Gasteiger partial charge on any atom is -0.488 e. The Kier molecular flexibility index (Phi) is 5.62. The summed E-state index contributed by atoms with van der Waals surface area (Å²) in [6.07, 6.45) is -3.65. The van der Waals surface area contributed by atoms with Gasteiger partial charge in [0.05, 0.1) is 30.5 Å². The van der Waals surface area contributed by atoms with E-state index in [1.165, 1.54) is 6.07 Å². The summed E-state index contributed by atoms with van der Waals surface area (Å²) in [6.45, 7) is 4.82. The van der Waals surface area contributed by atoms with Gasteiger partial charge >= 0.3 is 6.18 Å². The number of halogens is 3. The summed E-state index contributed by atoms with van der Waals surface area (Å²) in [7, 11) is 0. The normalized spacial score (nSPS) is 17.6. The highest BCUT2D eigenvalue weighted by atomic mass is 19.4. The number of aromatic nitrogens is 2. The number of ether oxygens (including phenoxy) is 2. The molecule has 0 spiro atoms. The van der Waals surface area contributed by atoms with E-state index in [1.807, 2.05) is 25.1 Å². The number of nitrogens with one attached hydrogen (secondary N) is 1. The van der Waals surface area contributed by atoms with Gasteiger partial charge in [0, 0.05) is 22.9 Å². The van der Waals surface area contributed by atoms with Crippen LogP contribution in [-0.2, 0) is 10.9 Å². The van der Waals surface area contributed by atoms with Gasteiger partial charge in [0.15, 0.2) is 5.82 Å². The standard InChI is InChI=1S/C22H23F3N4O2/c1-12(14-7-15(22(23,24)25)9-16(26)8-14)27-21-20-10-17(31-18-5-6-30-11-18)3-4-19(20)13(2)28-29-21/h3-4,7-10,12,18H,5-6,11,26H2,1-2H3,(H,27,29)/t12?,18-/m0/s1. The monoisotopic (exact) mass is 432 g/mol. The van der Waals surface area contributed by atoms with E-state index in [1.54, 1.807) is 6.92 Å². The average Bonchev–Trinajstić information content (AvgIpc) is 3.22. The van der Waals surface area contributed by atoms with Crippen LogP contribution >= 0.6 is 0 Å². The SMILES string of the molecule is Cc1nnc(NC(C)c2cc(N)cc(C(F)(F)F)c2)c2cc(O[C@H]3CCOC3)ccc12. The Labute approximate surface area is 177 Å². The molecule has 3 N–H and O–H groups in total. The molecule has 1 unspecified atom stereocenters. The van der Waals surface area contributed by atoms with E-state index >= 15 is 0 Å². The third-order valence-corrected chi connectivity index (χ3v) is 5.28. The van der Waals surface area contributed by atoms with Crippen LogP contribution in [0.2, 0.25) is 0 Å². The van der Waals surface area contributed by atoms with E-state index in [2.05, 4.69) is 15.5 Å². The number of nitrogens with two attached hydrogens (primary N) is 1. The van der Waals surface area contributed by atoms with E-state index < -0.39 is 17.8 Å². The molecule has 1 aliphatic heterocycles. The molecule has 9 heteroatoms. The predicted octanol–water partition coefficient (Wildman–Crippen LogP) is 4.88. The molecule has 1 aromatic heterocycles. The Hall–Kier alpha value is -3.07. The maximum absolute atomic E-state index is 13.2. The fourth-order valence-electron chi connectivity index (χ4n) is 3.62. The summed E-state index contributed by atoms with van der Waals surface area (Å²) in [6, 6.07) is 8.69. The number of aryl methyl sites for hydroxylation is 1. The molecule has 1 fully saturated rings. The number of fused-ring (bicyclic) bond motifs is 1. The molecule has 0 radical (unpaired) electrons. The van der Waals surface area contributed by atoms with Crippen LogP contribution in [0.3, 0.4) is 0 Å². The second kappa shape index (κ2) is 8.22. The number of nitrogens with zero attached hydrogens (tertiary/aromatic N) is 2. The van der Waals surface area contributed by atoms with Crippen LogP contribution < -0.4 is 15.8 Å². The lowest BCUT2D eigenvalue weighted by Crippen LogP contribution is -2.15. The predicted molar refractivity (Wildman–Crippen MR) is 112 cm³/mol. The number of rotatable bonds is 5. The molecule has 2 heterocycles. The minimum absolute atomic E-state index is 0.00300. The molecule has 3 aromatic rings. The number of alkyl halides is 3. The van der Waals surface area contributed by atoms with Gasteiger partial charge in [-0.15, -0.1) is 5.10 Å². The Morgan fingerprint density at radius 2 is 1.97 bits per heavy atom. The van der Waals surface area contributed by atoms with E-state index in [9.17, 15) is 13.2 Å². The molecule has 164 valence electrons. The van der Waals surface area contributed by atoms with Gasteiger partial charge in [0.25, 0.3) is 0 Å². The first-order chi connectivity index (χ1) is 14.7. The molecule has 4 rings (SSSR count). The second-order valence-electron chi connectivity index (χ2n) is 7.70. The Bertz CT molecular complexity index is 1100. The first-order valence-corrected chi connectivity index (χ1v) is 9.96. The molecule has 6 nitrogen and oxygen atoms in total. The maximum Gasteiger partial charge on any atom is 0.416 e. The van der Waals surface area contributed by atoms with Gasteiger partial charge in [-0.2, -0.15) is 18.3 Å². The minimum atomic E-state index is -4.48. The van der Waals surface area contributed by atoms with Crippen LogP contribution in [0.25, 0.3) is 10.8 Å². The van der Waals surface area contributed by atoms with E-state index in [0.29, 0.717) is 30.3 Å². The van der Waals surface area contributed by atoms with Crippen molar-refractivity contribution in [3.8, 4) is 5.75 Å². The zero-order valence-corrected chi connectivity index (χ0v) is 17.2. The summed E-state index contributed by atoms with van der Waals surface area (Å²) in [4.78, 5) is 0. The number of anilines is 2. The van der Waals surface area contributed by atoms with Crippen molar-refractivity contribution in [2.45, 2.75) is 38.6 Å². The zero-order chi connectivity index (χ0) is 22.2. The van der Waals surface area contributed by atoms with Gasteiger partial charge < -0.3 is 20.5 Å². The number of hydrogen-bond donors (Lipinski definition) is 2. The van der Waals surface area contributed by atoms with E-state index in [0.717, 1.165) is 35.0 Å². The van der Waals surface area contributed by atoms with Crippen LogP contribution in [0, 0.1) is 6.92 Å². The van der Waals surface area contributed by atoms with Crippen molar-refractivity contribution in [2.24, 2.45) is 0 Å². The van der Waals surface area contributed by atoms with Gasteiger partial charge in [-0.1, -0.05) is 0 Å². The molecule has 0 amide bonds. The fourth-order valence-corrected chi connectivity index (χ4v) is 3.62. The van der Waals surface area contributed by atoms with Gasteiger partial charge in [0.2, 0.25) is 0 Å². The lowest BCUT2D eigenvalue weighted by Gasteiger charge is -2.19. The topological polar surface area (TPSA) is 82.3 Å². The Morgan fingerprint density at radius 1 is 1.16 bits per heavy atom. The van der Waals surface area contributed by atoms with Crippen molar-refractivity contribution in [3.05, 3.63) is 53.2 Å². The zero-order valence-electron chi connectivity index (χ0n) is 17.2. The van der Waals surface area contributed by atoms with Crippen molar-refractivity contribution in [2.75, 3.05) is 24.3 Å². The van der Waals surface area contributed by atoms with Crippen molar-refractivity contribution in [1.29, 1.82) is 0 Å². The molecule has 1 aliphatic rings. The molecular weight excluding hydrogens is 409 g/mol. The lowest BCUT2D eigenvalue weighted by molar-refractivity contribution is -0.137. The molecule has 1 saturated heterocycles. The molecule has 31 heavy (non-hydrogen) atoms. The Balaban J connectivity index is 1.66. The van der Waals surface area contributed by atoms with Crippen LogP contribution in [0.15, 0.2) is 36.4 Å². The van der Waals surface area contributed by atoms with Gasteiger partial charge in [-0.05, 0) is 55.8 Å². The smallest absolute Gasteiger partial charge is 0.416 e. The van der Waals surface area contributed by atoms with Gasteiger partial charge in [0.1, 0.15) is 11.9 Å². The molecule has 0 bridgehead atoms. The van der Waals surface area contributed by atoms with Crippen molar-refractivity contribution >= 4 is 22.3 Å². The fraction of sp³-hybridized carbons (Fsp3) is 0.364. The molecular formula is C22H23F3N4O2. The summed E-state index contributed by atoms with van der Waals surface area (Å²) in [5, 5.41) is 13.3. The van der Waals surface area contributed by atoms with E-state index in [4.69, 9.17) is 15.2 Å². The summed E-state index contributed by atoms with van der Waals surface area (Å²) >= 11 is 0. The van der Waals surface area contributed by atoms with Crippen molar-refractivity contribution in [3.63, 3.8) is 0 Å².